The molecule has 0 radical (unpaired) electrons. The summed E-state index contributed by atoms with van der Waals surface area (Å²) in [5.41, 5.74) is 1.26. The molecule has 0 spiro atoms. The smallest absolute Gasteiger partial charge is 0.313 e. The van der Waals surface area contributed by atoms with Crippen LogP contribution in [0.15, 0.2) is 40.5 Å². The van der Waals surface area contributed by atoms with E-state index in [1.165, 1.54) is 5.56 Å². The van der Waals surface area contributed by atoms with Crippen molar-refractivity contribution >= 4 is 33.7 Å². The lowest BCUT2D eigenvalue weighted by atomic mass is 10.0. The molecule has 0 aliphatic heterocycles. The highest BCUT2D eigenvalue weighted by atomic mass is 79.9. The van der Waals surface area contributed by atoms with Gasteiger partial charge in [0.15, 0.2) is 5.16 Å². The zero-order valence-corrected chi connectivity index (χ0v) is 17.9. The maximum absolute atomic E-state index is 10.8. The zero-order valence-electron chi connectivity index (χ0n) is 15.5. The van der Waals surface area contributed by atoms with Crippen molar-refractivity contribution in [3.8, 4) is 5.75 Å². The maximum atomic E-state index is 10.8. The van der Waals surface area contributed by atoms with Crippen LogP contribution >= 0.6 is 27.7 Å². The second kappa shape index (κ2) is 10.5. The molecule has 0 atom stereocenters. The molecule has 1 aromatic carbocycles. The lowest BCUT2D eigenvalue weighted by Crippen LogP contribution is -2.08. The minimum Gasteiger partial charge on any atom is -0.492 e. The van der Waals surface area contributed by atoms with E-state index >= 15 is 0 Å². The van der Waals surface area contributed by atoms with Gasteiger partial charge in [-0.25, -0.2) is 0 Å². The molecule has 146 valence electrons. The second-order valence-electron chi connectivity index (χ2n) is 6.28. The molecule has 0 saturated carbocycles. The van der Waals surface area contributed by atoms with E-state index < -0.39 is 5.97 Å². The fourth-order valence-corrected chi connectivity index (χ4v) is 3.65. The summed E-state index contributed by atoms with van der Waals surface area (Å²) in [5, 5.41) is 17.7. The Morgan fingerprint density at radius 1 is 1.44 bits per heavy atom. The Labute approximate surface area is 172 Å². The van der Waals surface area contributed by atoms with Crippen molar-refractivity contribution in [3.63, 3.8) is 0 Å². The predicted molar refractivity (Wildman–Crippen MR) is 111 cm³/mol. The Hall–Kier alpha value is -1.80. The molecule has 27 heavy (non-hydrogen) atoms. The van der Waals surface area contributed by atoms with E-state index in [2.05, 4.69) is 58.7 Å². The zero-order chi connectivity index (χ0) is 19.8. The average molecular weight is 454 g/mol. The second-order valence-corrected chi connectivity index (χ2v) is 8.07. The number of aromatic nitrogens is 3. The number of ether oxygens (including phenoxy) is 1. The van der Waals surface area contributed by atoms with E-state index in [1.807, 2.05) is 10.6 Å². The van der Waals surface area contributed by atoms with Crippen molar-refractivity contribution in [2.45, 2.75) is 44.3 Å². The molecule has 0 aliphatic rings. The summed E-state index contributed by atoms with van der Waals surface area (Å²) in [6, 6.07) is 6.16. The van der Waals surface area contributed by atoms with E-state index in [9.17, 15) is 4.79 Å². The topological polar surface area (TPSA) is 77.2 Å². The molecule has 1 N–H and O–H groups in total. The van der Waals surface area contributed by atoms with Crippen LogP contribution in [0, 0.1) is 0 Å². The van der Waals surface area contributed by atoms with Crippen LogP contribution in [0.25, 0.3) is 0 Å². The first-order chi connectivity index (χ1) is 12.9. The molecule has 0 aliphatic carbocycles. The quantitative estimate of drug-likeness (QED) is 0.305. The number of aliphatic carboxylic acids is 1. The Kier molecular flexibility index (Phi) is 8.37. The van der Waals surface area contributed by atoms with Crippen LogP contribution in [-0.4, -0.2) is 38.2 Å². The van der Waals surface area contributed by atoms with Gasteiger partial charge in [0.25, 0.3) is 0 Å². The highest BCUT2D eigenvalue weighted by Crippen LogP contribution is 2.29. The van der Waals surface area contributed by atoms with E-state index in [0.717, 1.165) is 34.2 Å². The standard InChI is InChI=1S/C19H24BrN3O3S/c1-4-9-23-17(21-22-19(23)27-12-18(24)25)6-5-10-26-16-8-7-14(13(2)3)11-15(16)20/h4,7-8,11,13H,1,5-6,9-10,12H2,2-3H3,(H,24,25). The van der Waals surface area contributed by atoms with Gasteiger partial charge in [-0.1, -0.05) is 37.8 Å². The molecule has 0 fully saturated rings. The fraction of sp³-hybridized carbons (Fsp3) is 0.421. The Morgan fingerprint density at radius 3 is 2.85 bits per heavy atom. The number of hydrogen-bond donors (Lipinski definition) is 1. The molecular weight excluding hydrogens is 430 g/mol. The van der Waals surface area contributed by atoms with Crippen molar-refractivity contribution in [2.75, 3.05) is 12.4 Å². The van der Waals surface area contributed by atoms with Crippen molar-refractivity contribution in [3.05, 3.63) is 46.7 Å². The van der Waals surface area contributed by atoms with Crippen LogP contribution in [0.4, 0.5) is 0 Å². The summed E-state index contributed by atoms with van der Waals surface area (Å²) in [7, 11) is 0. The number of aryl methyl sites for hydroxylation is 1. The molecule has 1 heterocycles. The molecule has 6 nitrogen and oxygen atoms in total. The van der Waals surface area contributed by atoms with Crippen molar-refractivity contribution in [2.24, 2.45) is 0 Å². The van der Waals surface area contributed by atoms with Gasteiger partial charge < -0.3 is 14.4 Å². The van der Waals surface area contributed by atoms with Crippen molar-refractivity contribution in [1.82, 2.24) is 14.8 Å². The van der Waals surface area contributed by atoms with Crippen molar-refractivity contribution < 1.29 is 14.6 Å². The largest absolute Gasteiger partial charge is 0.492 e. The third-order valence-electron chi connectivity index (χ3n) is 3.85. The molecular formula is C19H24BrN3O3S. The molecule has 1 aromatic heterocycles. The first-order valence-corrected chi connectivity index (χ1v) is 10.5. The van der Waals surface area contributed by atoms with E-state index in [0.29, 0.717) is 30.6 Å². The number of carboxylic acid groups (broad SMARTS) is 1. The van der Waals surface area contributed by atoms with Gasteiger partial charge in [-0.3, -0.25) is 4.79 Å². The Morgan fingerprint density at radius 2 is 2.22 bits per heavy atom. The fourth-order valence-electron chi connectivity index (χ4n) is 2.46. The lowest BCUT2D eigenvalue weighted by Gasteiger charge is -2.11. The lowest BCUT2D eigenvalue weighted by molar-refractivity contribution is -0.133. The van der Waals surface area contributed by atoms with Gasteiger partial charge in [0.2, 0.25) is 0 Å². The normalized spacial score (nSPS) is 11.0. The Bertz CT molecular complexity index is 793. The van der Waals surface area contributed by atoms with Crippen LogP contribution in [0.2, 0.25) is 0 Å². The third-order valence-corrected chi connectivity index (χ3v) is 5.43. The maximum Gasteiger partial charge on any atom is 0.313 e. The summed E-state index contributed by atoms with van der Waals surface area (Å²) >= 11 is 4.73. The Balaban J connectivity index is 1.91. The first-order valence-electron chi connectivity index (χ1n) is 8.72. The highest BCUT2D eigenvalue weighted by molar-refractivity contribution is 9.10. The minimum atomic E-state index is -0.878. The average Bonchev–Trinajstić information content (AvgIpc) is 3.00. The van der Waals surface area contributed by atoms with Gasteiger partial charge in [-0.2, -0.15) is 0 Å². The van der Waals surface area contributed by atoms with Crippen LogP contribution in [0.3, 0.4) is 0 Å². The van der Waals surface area contributed by atoms with Crippen LogP contribution in [0.1, 0.15) is 37.6 Å². The van der Waals surface area contributed by atoms with E-state index in [4.69, 9.17) is 9.84 Å². The first kappa shape index (κ1) is 21.5. The SMILES string of the molecule is C=CCn1c(CCCOc2ccc(C(C)C)cc2Br)nnc1SCC(=O)O. The van der Waals surface area contributed by atoms with Crippen LogP contribution < -0.4 is 4.74 Å². The number of carbonyl (C=O) groups is 1. The molecule has 0 saturated heterocycles. The monoisotopic (exact) mass is 453 g/mol. The molecule has 0 amide bonds. The number of carboxylic acids is 1. The number of halogens is 1. The van der Waals surface area contributed by atoms with E-state index in [-0.39, 0.29) is 5.75 Å². The molecule has 0 unspecified atom stereocenters. The number of allylic oxidation sites excluding steroid dienone is 1. The molecule has 2 rings (SSSR count). The molecule has 2 aromatic rings. The number of rotatable bonds is 11. The minimum absolute atomic E-state index is 0.0429. The number of thioether (sulfide) groups is 1. The van der Waals surface area contributed by atoms with Gasteiger partial charge >= 0.3 is 5.97 Å². The summed E-state index contributed by atoms with van der Waals surface area (Å²) in [5.74, 6) is 1.18. The summed E-state index contributed by atoms with van der Waals surface area (Å²) in [6.07, 6.45) is 3.22. The van der Waals surface area contributed by atoms with Gasteiger partial charge in [-0.15, -0.1) is 16.8 Å². The van der Waals surface area contributed by atoms with Gasteiger partial charge in [0, 0.05) is 13.0 Å². The van der Waals surface area contributed by atoms with Crippen LogP contribution in [0.5, 0.6) is 5.75 Å². The summed E-state index contributed by atoms with van der Waals surface area (Å²) in [6.45, 7) is 9.16. The van der Waals surface area contributed by atoms with Gasteiger partial charge in [0.1, 0.15) is 11.6 Å². The third kappa shape index (κ3) is 6.39. The van der Waals surface area contributed by atoms with Gasteiger partial charge in [-0.05, 0) is 46.0 Å². The molecule has 0 bridgehead atoms. The van der Waals surface area contributed by atoms with Crippen molar-refractivity contribution in [1.29, 1.82) is 0 Å². The predicted octanol–water partition coefficient (Wildman–Crippen LogP) is 4.54. The number of benzene rings is 1. The highest BCUT2D eigenvalue weighted by Gasteiger charge is 2.13. The van der Waals surface area contributed by atoms with E-state index in [1.54, 1.807) is 6.08 Å². The summed E-state index contributed by atoms with van der Waals surface area (Å²) < 4.78 is 8.72. The van der Waals surface area contributed by atoms with Crippen LogP contribution in [-0.2, 0) is 17.8 Å². The van der Waals surface area contributed by atoms with Gasteiger partial charge in [0.05, 0.1) is 16.8 Å². The number of hydrogen-bond acceptors (Lipinski definition) is 5. The number of nitrogens with zero attached hydrogens (tertiary/aromatic N) is 3. The molecule has 8 heteroatoms. The summed E-state index contributed by atoms with van der Waals surface area (Å²) in [4.78, 5) is 10.8.